The zero-order valence-corrected chi connectivity index (χ0v) is 9.01. The van der Waals surface area contributed by atoms with Gasteiger partial charge >= 0.3 is 0 Å². The van der Waals surface area contributed by atoms with Gasteiger partial charge in [-0.1, -0.05) is 6.92 Å². The first-order chi connectivity index (χ1) is 7.24. The van der Waals surface area contributed by atoms with Crippen LogP contribution in [0, 0.1) is 0 Å². The van der Waals surface area contributed by atoms with Gasteiger partial charge in [-0.3, -0.25) is 4.79 Å². The Morgan fingerprint density at radius 3 is 2.87 bits per heavy atom. The Morgan fingerprint density at radius 2 is 2.20 bits per heavy atom. The molecule has 0 radical (unpaired) electrons. The highest BCUT2D eigenvalue weighted by atomic mass is 35.5. The van der Waals surface area contributed by atoms with Crippen LogP contribution in [0.1, 0.15) is 18.3 Å². The molecule has 0 aromatic carbocycles. The van der Waals surface area contributed by atoms with Crippen molar-refractivity contribution < 1.29 is 0 Å². The average molecular weight is 224 g/mol. The fourth-order valence-corrected chi connectivity index (χ4v) is 1.51. The number of nitrogens with one attached hydrogen (secondary N) is 1. The zero-order valence-electron chi connectivity index (χ0n) is 8.25. The molecule has 0 spiro atoms. The van der Waals surface area contributed by atoms with Gasteiger partial charge in [-0.2, -0.15) is 0 Å². The number of aromatic amines is 1. The van der Waals surface area contributed by atoms with Gasteiger partial charge in [0.15, 0.2) is 5.65 Å². The molecule has 0 saturated heterocycles. The lowest BCUT2D eigenvalue weighted by Crippen LogP contribution is -2.15. The molecule has 0 fully saturated rings. The first kappa shape index (κ1) is 10.1. The molecule has 2 rings (SSSR count). The highest BCUT2D eigenvalue weighted by molar-refractivity contribution is 6.16. The lowest BCUT2D eigenvalue weighted by molar-refractivity contribution is 0.984. The van der Waals surface area contributed by atoms with Gasteiger partial charge in [-0.15, -0.1) is 11.6 Å². The summed E-state index contributed by atoms with van der Waals surface area (Å²) < 4.78 is 0. The summed E-state index contributed by atoms with van der Waals surface area (Å²) in [7, 11) is 0. The highest BCUT2D eigenvalue weighted by Gasteiger charge is 2.04. The van der Waals surface area contributed by atoms with E-state index in [2.05, 4.69) is 15.0 Å². The first-order valence-electron chi connectivity index (χ1n) is 4.69. The summed E-state index contributed by atoms with van der Waals surface area (Å²) in [5.41, 5.74) is 2.27. The maximum absolute atomic E-state index is 11.5. The van der Waals surface area contributed by atoms with Crippen molar-refractivity contribution >= 4 is 22.8 Å². The number of fused-ring (bicyclic) bond motifs is 1. The van der Waals surface area contributed by atoms with Gasteiger partial charge in [-0.05, 0) is 18.6 Å². The van der Waals surface area contributed by atoms with E-state index in [9.17, 15) is 4.79 Å². The molecule has 2 aromatic rings. The van der Waals surface area contributed by atoms with E-state index in [0.29, 0.717) is 29.2 Å². The van der Waals surface area contributed by atoms with Crippen molar-refractivity contribution in [3.8, 4) is 0 Å². The van der Waals surface area contributed by atoms with Crippen LogP contribution in [-0.4, -0.2) is 15.0 Å². The average Bonchev–Trinajstić information content (AvgIpc) is 2.27. The molecule has 0 unspecified atom stereocenters. The molecular weight excluding hydrogens is 214 g/mol. The van der Waals surface area contributed by atoms with E-state index in [1.807, 2.05) is 13.0 Å². The van der Waals surface area contributed by atoms with E-state index in [1.54, 1.807) is 6.07 Å². The van der Waals surface area contributed by atoms with Gasteiger partial charge in [-0.25, -0.2) is 9.97 Å². The van der Waals surface area contributed by atoms with Crippen molar-refractivity contribution in [2.24, 2.45) is 0 Å². The minimum Gasteiger partial charge on any atom is -0.304 e. The van der Waals surface area contributed by atoms with E-state index >= 15 is 0 Å². The summed E-state index contributed by atoms with van der Waals surface area (Å²) >= 11 is 5.65. The van der Waals surface area contributed by atoms with Crippen molar-refractivity contribution in [2.75, 3.05) is 0 Å². The number of H-pyrrole nitrogens is 1. The van der Waals surface area contributed by atoms with Crippen LogP contribution in [0.15, 0.2) is 16.9 Å². The molecule has 2 aromatic heterocycles. The van der Waals surface area contributed by atoms with Crippen LogP contribution in [0.3, 0.4) is 0 Å². The number of pyridine rings is 1. The molecule has 0 saturated carbocycles. The lowest BCUT2D eigenvalue weighted by atomic mass is 10.3. The number of aryl methyl sites for hydroxylation is 1. The fourth-order valence-electron chi connectivity index (χ4n) is 1.36. The van der Waals surface area contributed by atoms with Crippen molar-refractivity contribution in [1.29, 1.82) is 0 Å². The topological polar surface area (TPSA) is 58.6 Å². The Labute approximate surface area is 91.3 Å². The molecular formula is C10H10ClN3O. The zero-order chi connectivity index (χ0) is 10.8. The molecule has 1 N–H and O–H groups in total. The number of hydrogen-bond acceptors (Lipinski definition) is 3. The second-order valence-corrected chi connectivity index (χ2v) is 3.44. The Balaban J connectivity index is 2.70. The molecule has 0 bridgehead atoms. The molecule has 0 aliphatic carbocycles. The Kier molecular flexibility index (Phi) is 2.68. The minimum absolute atomic E-state index is 0.177. The van der Waals surface area contributed by atoms with Crippen molar-refractivity contribution in [3.05, 3.63) is 33.9 Å². The SMILES string of the molecule is CCc1nc2ccc(CCl)nc2[nH]c1=O. The molecule has 0 amide bonds. The van der Waals surface area contributed by atoms with E-state index in [1.165, 1.54) is 0 Å². The van der Waals surface area contributed by atoms with Crippen molar-refractivity contribution in [2.45, 2.75) is 19.2 Å². The summed E-state index contributed by atoms with van der Waals surface area (Å²) in [4.78, 5) is 22.6. The molecule has 78 valence electrons. The van der Waals surface area contributed by atoms with Gasteiger partial charge in [0.1, 0.15) is 11.2 Å². The van der Waals surface area contributed by atoms with Crippen LogP contribution >= 0.6 is 11.6 Å². The van der Waals surface area contributed by atoms with Crippen LogP contribution < -0.4 is 5.56 Å². The van der Waals surface area contributed by atoms with Crippen LogP contribution in [0.25, 0.3) is 11.2 Å². The van der Waals surface area contributed by atoms with E-state index in [0.717, 1.165) is 5.69 Å². The predicted molar refractivity (Wildman–Crippen MR) is 59.1 cm³/mol. The number of nitrogens with zero attached hydrogens (tertiary/aromatic N) is 2. The first-order valence-corrected chi connectivity index (χ1v) is 5.23. The highest BCUT2D eigenvalue weighted by Crippen LogP contribution is 2.08. The number of rotatable bonds is 2. The summed E-state index contributed by atoms with van der Waals surface area (Å²) in [5, 5.41) is 0. The van der Waals surface area contributed by atoms with Crippen LogP contribution in [0.2, 0.25) is 0 Å². The van der Waals surface area contributed by atoms with Crippen LogP contribution in [0.4, 0.5) is 0 Å². The quantitative estimate of drug-likeness (QED) is 0.788. The largest absolute Gasteiger partial charge is 0.304 e. The van der Waals surface area contributed by atoms with Crippen LogP contribution in [-0.2, 0) is 12.3 Å². The lowest BCUT2D eigenvalue weighted by Gasteiger charge is -2.00. The van der Waals surface area contributed by atoms with Crippen molar-refractivity contribution in [1.82, 2.24) is 15.0 Å². The Hall–Kier alpha value is -1.42. The molecule has 5 heteroatoms. The third-order valence-electron chi connectivity index (χ3n) is 2.15. The second-order valence-electron chi connectivity index (χ2n) is 3.17. The van der Waals surface area contributed by atoms with Crippen molar-refractivity contribution in [3.63, 3.8) is 0 Å². The molecule has 2 heterocycles. The van der Waals surface area contributed by atoms with Gasteiger partial charge in [0.25, 0.3) is 5.56 Å². The van der Waals surface area contributed by atoms with Crippen LogP contribution in [0.5, 0.6) is 0 Å². The Morgan fingerprint density at radius 1 is 1.40 bits per heavy atom. The maximum atomic E-state index is 11.5. The molecule has 0 aliphatic rings. The van der Waals surface area contributed by atoms with Gasteiger partial charge in [0.05, 0.1) is 11.6 Å². The number of alkyl halides is 1. The van der Waals surface area contributed by atoms with E-state index in [4.69, 9.17) is 11.6 Å². The predicted octanol–water partition coefficient (Wildman–Crippen LogP) is 1.62. The summed E-state index contributed by atoms with van der Waals surface area (Å²) in [6.45, 7) is 1.89. The summed E-state index contributed by atoms with van der Waals surface area (Å²) in [6.07, 6.45) is 0.614. The normalized spacial score (nSPS) is 10.8. The molecule has 0 atom stereocenters. The van der Waals surface area contributed by atoms with Gasteiger partial charge in [0, 0.05) is 0 Å². The van der Waals surface area contributed by atoms with E-state index in [-0.39, 0.29) is 5.56 Å². The Bertz CT molecular complexity index is 550. The number of halogens is 1. The fraction of sp³-hybridized carbons (Fsp3) is 0.300. The summed E-state index contributed by atoms with van der Waals surface area (Å²) in [6, 6.07) is 3.62. The number of hydrogen-bond donors (Lipinski definition) is 1. The molecule has 15 heavy (non-hydrogen) atoms. The second kappa shape index (κ2) is 3.98. The summed E-state index contributed by atoms with van der Waals surface area (Å²) in [5.74, 6) is 0.327. The smallest absolute Gasteiger partial charge is 0.271 e. The molecule has 0 aliphatic heterocycles. The molecule has 4 nitrogen and oxygen atoms in total. The standard InChI is InChI=1S/C10H10ClN3O/c1-2-7-10(15)14-9-8(13-7)4-3-6(5-11)12-9/h3-4H,2,5H2,1H3,(H,12,14,15). The van der Waals surface area contributed by atoms with Gasteiger partial charge < -0.3 is 4.98 Å². The monoisotopic (exact) mass is 223 g/mol. The van der Waals surface area contributed by atoms with Gasteiger partial charge in [0.2, 0.25) is 0 Å². The number of aromatic nitrogens is 3. The van der Waals surface area contributed by atoms with E-state index < -0.39 is 0 Å². The third-order valence-corrected chi connectivity index (χ3v) is 2.43. The third kappa shape index (κ3) is 1.85. The minimum atomic E-state index is -0.177. The maximum Gasteiger partial charge on any atom is 0.271 e.